The van der Waals surface area contributed by atoms with E-state index in [0.29, 0.717) is 5.41 Å². The van der Waals surface area contributed by atoms with Crippen molar-refractivity contribution in [2.75, 3.05) is 13.2 Å². The van der Waals surface area contributed by atoms with E-state index in [1.807, 2.05) is 0 Å². The fourth-order valence-corrected chi connectivity index (χ4v) is 2.16. The fraction of sp³-hybridized carbons (Fsp3) is 0.667. The van der Waals surface area contributed by atoms with Gasteiger partial charge in [-0.1, -0.05) is 58.0 Å². The van der Waals surface area contributed by atoms with E-state index in [1.54, 1.807) is 0 Å². The lowest BCUT2D eigenvalue weighted by Gasteiger charge is -2.27. The van der Waals surface area contributed by atoms with Crippen molar-refractivity contribution in [3.8, 4) is 0 Å². The van der Waals surface area contributed by atoms with Gasteiger partial charge in [0, 0.05) is 6.61 Å². The van der Waals surface area contributed by atoms with Crippen molar-refractivity contribution in [3.05, 3.63) is 35.9 Å². The molecule has 0 heterocycles. The number of benzene rings is 1. The van der Waals surface area contributed by atoms with Crippen LogP contribution in [0.15, 0.2) is 30.3 Å². The Bertz CT molecular complexity index is 355. The first-order chi connectivity index (χ1) is 9.44. The molecule has 20 heavy (non-hydrogen) atoms. The van der Waals surface area contributed by atoms with E-state index < -0.39 is 0 Å². The van der Waals surface area contributed by atoms with Gasteiger partial charge in [0.2, 0.25) is 0 Å². The molecule has 2 atom stereocenters. The van der Waals surface area contributed by atoms with Gasteiger partial charge in [0.25, 0.3) is 0 Å². The summed E-state index contributed by atoms with van der Waals surface area (Å²) < 4.78 is 6.07. The SMILES string of the molecule is CCCNC(c1ccccc1)C(C)OCCC(C)(C)C. The Morgan fingerprint density at radius 3 is 2.35 bits per heavy atom. The maximum absolute atomic E-state index is 6.07. The minimum Gasteiger partial charge on any atom is -0.377 e. The summed E-state index contributed by atoms with van der Waals surface area (Å²) in [5, 5.41) is 3.61. The number of hydrogen-bond donors (Lipinski definition) is 1. The molecule has 2 nitrogen and oxygen atoms in total. The standard InChI is InChI=1S/C18H31NO/c1-6-13-19-17(16-10-8-7-9-11-16)15(2)20-14-12-18(3,4)5/h7-11,15,17,19H,6,12-14H2,1-5H3. The number of nitrogens with one attached hydrogen (secondary N) is 1. The van der Waals surface area contributed by atoms with E-state index in [1.165, 1.54) is 5.56 Å². The molecule has 2 heteroatoms. The van der Waals surface area contributed by atoms with Gasteiger partial charge in [-0.3, -0.25) is 0 Å². The third kappa shape index (κ3) is 6.53. The highest BCUT2D eigenvalue weighted by Crippen LogP contribution is 2.22. The Labute approximate surface area is 124 Å². The molecule has 1 aromatic carbocycles. The Morgan fingerprint density at radius 2 is 1.80 bits per heavy atom. The molecule has 1 rings (SSSR count). The summed E-state index contributed by atoms with van der Waals surface area (Å²) in [6.45, 7) is 13.0. The third-order valence-corrected chi connectivity index (χ3v) is 3.48. The molecular formula is C18H31NO. The smallest absolute Gasteiger partial charge is 0.0741 e. The van der Waals surface area contributed by atoms with Gasteiger partial charge in [-0.15, -0.1) is 0 Å². The van der Waals surface area contributed by atoms with Crippen LogP contribution < -0.4 is 5.32 Å². The Balaban J connectivity index is 2.59. The van der Waals surface area contributed by atoms with Gasteiger partial charge in [0.15, 0.2) is 0 Å². The van der Waals surface area contributed by atoms with Gasteiger partial charge in [-0.25, -0.2) is 0 Å². The first kappa shape index (κ1) is 17.2. The summed E-state index contributed by atoms with van der Waals surface area (Å²) in [6, 6.07) is 10.9. The second-order valence-electron chi connectivity index (χ2n) is 6.73. The van der Waals surface area contributed by atoms with Crippen LogP contribution in [0.25, 0.3) is 0 Å². The monoisotopic (exact) mass is 277 g/mol. The van der Waals surface area contributed by atoms with Gasteiger partial charge in [0.05, 0.1) is 12.1 Å². The predicted molar refractivity (Wildman–Crippen MR) is 87.0 cm³/mol. The van der Waals surface area contributed by atoms with E-state index in [9.17, 15) is 0 Å². The zero-order valence-electron chi connectivity index (χ0n) is 13.8. The minimum atomic E-state index is 0.186. The Hall–Kier alpha value is -0.860. The quantitative estimate of drug-likeness (QED) is 0.751. The summed E-state index contributed by atoms with van der Waals surface area (Å²) >= 11 is 0. The summed E-state index contributed by atoms with van der Waals surface area (Å²) in [5.41, 5.74) is 1.64. The molecule has 0 saturated heterocycles. The molecule has 0 radical (unpaired) electrons. The van der Waals surface area contributed by atoms with Crippen molar-refractivity contribution >= 4 is 0 Å². The van der Waals surface area contributed by atoms with Crippen molar-refractivity contribution in [1.29, 1.82) is 0 Å². The van der Waals surface area contributed by atoms with Crippen LogP contribution in [-0.4, -0.2) is 19.3 Å². The molecule has 0 aliphatic heterocycles. The van der Waals surface area contributed by atoms with Crippen LogP contribution in [0, 0.1) is 5.41 Å². The molecule has 0 saturated carbocycles. The highest BCUT2D eigenvalue weighted by atomic mass is 16.5. The normalized spacial score (nSPS) is 15.1. The molecule has 0 aliphatic rings. The fourth-order valence-electron chi connectivity index (χ4n) is 2.16. The summed E-state index contributed by atoms with van der Waals surface area (Å²) in [7, 11) is 0. The van der Waals surface area contributed by atoms with Gasteiger partial charge in [-0.05, 0) is 37.3 Å². The Morgan fingerprint density at radius 1 is 1.15 bits per heavy atom. The lowest BCUT2D eigenvalue weighted by molar-refractivity contribution is 0.0249. The highest BCUT2D eigenvalue weighted by Gasteiger charge is 2.20. The summed E-state index contributed by atoms with van der Waals surface area (Å²) in [4.78, 5) is 0. The van der Waals surface area contributed by atoms with E-state index in [-0.39, 0.29) is 12.1 Å². The number of hydrogen-bond acceptors (Lipinski definition) is 2. The first-order valence-corrected chi connectivity index (χ1v) is 7.84. The Kier molecular flexibility index (Phi) is 7.25. The van der Waals surface area contributed by atoms with Gasteiger partial charge < -0.3 is 10.1 Å². The van der Waals surface area contributed by atoms with Crippen molar-refractivity contribution in [2.24, 2.45) is 5.41 Å². The molecule has 0 bridgehead atoms. The molecule has 0 fully saturated rings. The molecular weight excluding hydrogens is 246 g/mol. The molecule has 2 unspecified atom stereocenters. The maximum Gasteiger partial charge on any atom is 0.0741 e. The maximum atomic E-state index is 6.07. The lowest BCUT2D eigenvalue weighted by atomic mass is 9.93. The van der Waals surface area contributed by atoms with Crippen LogP contribution in [0.3, 0.4) is 0 Å². The van der Waals surface area contributed by atoms with Gasteiger partial charge >= 0.3 is 0 Å². The van der Waals surface area contributed by atoms with E-state index in [4.69, 9.17) is 4.74 Å². The third-order valence-electron chi connectivity index (χ3n) is 3.48. The molecule has 1 N–H and O–H groups in total. The minimum absolute atomic E-state index is 0.186. The topological polar surface area (TPSA) is 21.3 Å². The highest BCUT2D eigenvalue weighted by molar-refractivity contribution is 5.19. The molecule has 0 aromatic heterocycles. The zero-order chi connectivity index (χ0) is 15.0. The van der Waals surface area contributed by atoms with Crippen LogP contribution in [-0.2, 0) is 4.74 Å². The summed E-state index contributed by atoms with van der Waals surface area (Å²) in [5.74, 6) is 0. The first-order valence-electron chi connectivity index (χ1n) is 7.84. The van der Waals surface area contributed by atoms with Gasteiger partial charge in [0.1, 0.15) is 0 Å². The molecule has 0 aliphatic carbocycles. The summed E-state index contributed by atoms with van der Waals surface area (Å²) in [6.07, 6.45) is 2.41. The van der Waals surface area contributed by atoms with E-state index >= 15 is 0 Å². The van der Waals surface area contributed by atoms with Crippen molar-refractivity contribution in [1.82, 2.24) is 5.32 Å². The van der Waals surface area contributed by atoms with Gasteiger partial charge in [-0.2, -0.15) is 0 Å². The van der Waals surface area contributed by atoms with Crippen molar-refractivity contribution in [2.45, 2.75) is 59.6 Å². The average Bonchev–Trinajstić information content (AvgIpc) is 2.39. The van der Waals surface area contributed by atoms with Crippen LogP contribution in [0.5, 0.6) is 0 Å². The second-order valence-corrected chi connectivity index (χ2v) is 6.73. The molecule has 0 amide bonds. The number of rotatable bonds is 8. The lowest BCUT2D eigenvalue weighted by Crippen LogP contribution is -2.33. The van der Waals surface area contributed by atoms with Crippen molar-refractivity contribution in [3.63, 3.8) is 0 Å². The van der Waals surface area contributed by atoms with Crippen molar-refractivity contribution < 1.29 is 4.74 Å². The van der Waals surface area contributed by atoms with E-state index in [0.717, 1.165) is 26.0 Å². The van der Waals surface area contributed by atoms with Crippen LogP contribution >= 0.6 is 0 Å². The van der Waals surface area contributed by atoms with Crippen LogP contribution in [0.1, 0.15) is 59.1 Å². The molecule has 114 valence electrons. The number of ether oxygens (including phenoxy) is 1. The van der Waals surface area contributed by atoms with Crippen LogP contribution in [0.2, 0.25) is 0 Å². The predicted octanol–water partition coefficient (Wildman–Crippen LogP) is 4.57. The largest absolute Gasteiger partial charge is 0.377 e. The zero-order valence-corrected chi connectivity index (χ0v) is 13.8. The van der Waals surface area contributed by atoms with E-state index in [2.05, 4.69) is 70.3 Å². The average molecular weight is 277 g/mol. The van der Waals surface area contributed by atoms with Crippen LogP contribution in [0.4, 0.5) is 0 Å². The second kappa shape index (κ2) is 8.43. The molecule has 0 spiro atoms. The molecule has 1 aromatic rings.